The van der Waals surface area contributed by atoms with Crippen molar-refractivity contribution in [1.82, 2.24) is 10.3 Å². The molecule has 1 aromatic heterocycles. The van der Waals surface area contributed by atoms with Crippen LogP contribution in [0.1, 0.15) is 34.9 Å². The molecule has 1 amide bonds. The Morgan fingerprint density at radius 3 is 2.83 bits per heavy atom. The molecular formula is C17H20N2O3S. The second-order valence-corrected chi connectivity index (χ2v) is 6.21. The van der Waals surface area contributed by atoms with Gasteiger partial charge in [0.15, 0.2) is 11.9 Å². The van der Waals surface area contributed by atoms with E-state index in [2.05, 4.69) is 10.3 Å². The minimum absolute atomic E-state index is 0.0358. The number of hydrogen-bond acceptors (Lipinski definition) is 5. The first-order valence-corrected chi connectivity index (χ1v) is 8.30. The highest BCUT2D eigenvalue weighted by Gasteiger charge is 2.14. The van der Waals surface area contributed by atoms with Gasteiger partial charge in [0, 0.05) is 29.6 Å². The Kier molecular flexibility index (Phi) is 5.87. The number of ketones is 1. The summed E-state index contributed by atoms with van der Waals surface area (Å²) in [7, 11) is 0. The number of carbonyl (C=O) groups is 2. The number of aryl methyl sites for hydroxylation is 1. The molecule has 0 fully saturated rings. The number of Topliss-reactive ketones (excluding diaryl/α,β-unsaturated/α-hetero) is 1. The summed E-state index contributed by atoms with van der Waals surface area (Å²) in [6, 6.07) is 6.83. The van der Waals surface area contributed by atoms with E-state index in [0.717, 1.165) is 10.7 Å². The van der Waals surface area contributed by atoms with Gasteiger partial charge in [0.1, 0.15) is 5.75 Å². The standard InChI is InChI=1S/C17H20N2O3S/c1-11-10-23-16(19-11)7-8-18-17(21)13(3)22-15-6-4-5-14(9-15)12(2)20/h4-6,9-10,13H,7-8H2,1-3H3,(H,18,21). The number of nitrogens with zero attached hydrogens (tertiary/aromatic N) is 1. The number of hydrogen-bond donors (Lipinski definition) is 1. The van der Waals surface area contributed by atoms with Crippen LogP contribution in [0.3, 0.4) is 0 Å². The van der Waals surface area contributed by atoms with Crippen molar-refractivity contribution in [3.8, 4) is 5.75 Å². The number of amides is 1. The zero-order chi connectivity index (χ0) is 16.8. The maximum atomic E-state index is 12.0. The summed E-state index contributed by atoms with van der Waals surface area (Å²) < 4.78 is 5.60. The van der Waals surface area contributed by atoms with Crippen molar-refractivity contribution in [2.45, 2.75) is 33.3 Å². The number of benzene rings is 1. The highest BCUT2D eigenvalue weighted by molar-refractivity contribution is 7.09. The number of aromatic nitrogens is 1. The molecule has 0 aliphatic carbocycles. The third-order valence-corrected chi connectivity index (χ3v) is 4.25. The summed E-state index contributed by atoms with van der Waals surface area (Å²) in [4.78, 5) is 27.7. The average Bonchev–Trinajstić information content (AvgIpc) is 2.92. The number of ether oxygens (including phenoxy) is 1. The van der Waals surface area contributed by atoms with Crippen LogP contribution in [0, 0.1) is 6.92 Å². The zero-order valence-electron chi connectivity index (χ0n) is 13.5. The fourth-order valence-electron chi connectivity index (χ4n) is 2.00. The van der Waals surface area contributed by atoms with Crippen molar-refractivity contribution in [3.05, 3.63) is 45.9 Å². The van der Waals surface area contributed by atoms with E-state index in [-0.39, 0.29) is 11.7 Å². The molecule has 0 saturated carbocycles. The maximum absolute atomic E-state index is 12.0. The van der Waals surface area contributed by atoms with Gasteiger partial charge in [-0.15, -0.1) is 11.3 Å². The van der Waals surface area contributed by atoms with E-state index < -0.39 is 6.10 Å². The lowest BCUT2D eigenvalue weighted by atomic mass is 10.1. The van der Waals surface area contributed by atoms with Gasteiger partial charge >= 0.3 is 0 Å². The fourth-order valence-corrected chi connectivity index (χ4v) is 2.78. The molecular weight excluding hydrogens is 312 g/mol. The summed E-state index contributed by atoms with van der Waals surface area (Å²) in [6.45, 7) is 5.65. The van der Waals surface area contributed by atoms with E-state index >= 15 is 0 Å². The van der Waals surface area contributed by atoms with E-state index in [4.69, 9.17) is 4.74 Å². The van der Waals surface area contributed by atoms with Crippen molar-refractivity contribution in [2.24, 2.45) is 0 Å². The van der Waals surface area contributed by atoms with Crippen molar-refractivity contribution in [3.63, 3.8) is 0 Å². The van der Waals surface area contributed by atoms with Gasteiger partial charge in [0.05, 0.1) is 5.01 Å². The molecule has 5 nitrogen and oxygen atoms in total. The topological polar surface area (TPSA) is 68.3 Å². The molecule has 122 valence electrons. The molecule has 0 bridgehead atoms. The molecule has 6 heteroatoms. The quantitative estimate of drug-likeness (QED) is 0.792. The van der Waals surface area contributed by atoms with Crippen LogP contribution in [-0.2, 0) is 11.2 Å². The zero-order valence-corrected chi connectivity index (χ0v) is 14.3. The van der Waals surface area contributed by atoms with Gasteiger partial charge < -0.3 is 10.1 Å². The van der Waals surface area contributed by atoms with Gasteiger partial charge in [0.25, 0.3) is 5.91 Å². The Morgan fingerprint density at radius 1 is 1.39 bits per heavy atom. The lowest BCUT2D eigenvalue weighted by Crippen LogP contribution is -2.37. The number of rotatable bonds is 7. The first-order chi connectivity index (χ1) is 11.0. The molecule has 0 aliphatic rings. The van der Waals surface area contributed by atoms with Gasteiger partial charge in [-0.25, -0.2) is 4.98 Å². The highest BCUT2D eigenvalue weighted by Crippen LogP contribution is 2.15. The third-order valence-electron chi connectivity index (χ3n) is 3.23. The molecule has 1 heterocycles. The van der Waals surface area contributed by atoms with Crippen LogP contribution >= 0.6 is 11.3 Å². The Labute approximate surface area is 139 Å². The Hall–Kier alpha value is -2.21. The third kappa shape index (κ3) is 5.17. The first kappa shape index (κ1) is 17.1. The molecule has 0 spiro atoms. The molecule has 0 radical (unpaired) electrons. The van der Waals surface area contributed by atoms with Crippen LogP contribution in [0.4, 0.5) is 0 Å². The first-order valence-electron chi connectivity index (χ1n) is 7.42. The van der Waals surface area contributed by atoms with Gasteiger partial charge in [-0.2, -0.15) is 0 Å². The molecule has 23 heavy (non-hydrogen) atoms. The van der Waals surface area contributed by atoms with Crippen LogP contribution in [0.25, 0.3) is 0 Å². The second kappa shape index (κ2) is 7.87. The van der Waals surface area contributed by atoms with E-state index in [0.29, 0.717) is 24.3 Å². The molecule has 1 unspecified atom stereocenters. The summed E-state index contributed by atoms with van der Waals surface area (Å²) in [5, 5.41) is 5.83. The largest absolute Gasteiger partial charge is 0.481 e. The van der Waals surface area contributed by atoms with Crippen LogP contribution in [0.2, 0.25) is 0 Å². The lowest BCUT2D eigenvalue weighted by molar-refractivity contribution is -0.127. The van der Waals surface area contributed by atoms with Crippen LogP contribution in [0.5, 0.6) is 5.75 Å². The normalized spacial score (nSPS) is 11.8. The molecule has 1 aromatic carbocycles. The molecule has 0 aliphatic heterocycles. The predicted octanol–water partition coefficient (Wildman–Crippen LogP) is 2.78. The molecule has 1 N–H and O–H groups in total. The second-order valence-electron chi connectivity index (χ2n) is 5.27. The summed E-state index contributed by atoms with van der Waals surface area (Å²) in [6.07, 6.45) is 0.0757. The predicted molar refractivity (Wildman–Crippen MR) is 90.1 cm³/mol. The van der Waals surface area contributed by atoms with E-state index in [1.807, 2.05) is 12.3 Å². The number of thiazole rings is 1. The number of nitrogens with one attached hydrogen (secondary N) is 1. The van der Waals surface area contributed by atoms with Crippen molar-refractivity contribution in [2.75, 3.05) is 6.54 Å². The molecule has 1 atom stereocenters. The van der Waals surface area contributed by atoms with Crippen LogP contribution in [-0.4, -0.2) is 29.3 Å². The van der Waals surface area contributed by atoms with Crippen molar-refractivity contribution >= 4 is 23.0 Å². The van der Waals surface area contributed by atoms with Gasteiger partial charge in [0.2, 0.25) is 0 Å². The van der Waals surface area contributed by atoms with E-state index in [1.165, 1.54) is 6.92 Å². The van der Waals surface area contributed by atoms with Gasteiger partial charge in [-0.1, -0.05) is 12.1 Å². The highest BCUT2D eigenvalue weighted by atomic mass is 32.1. The molecule has 0 saturated heterocycles. The summed E-state index contributed by atoms with van der Waals surface area (Å²) in [5.41, 5.74) is 1.56. The van der Waals surface area contributed by atoms with Crippen LogP contribution < -0.4 is 10.1 Å². The van der Waals surface area contributed by atoms with Gasteiger partial charge in [-0.05, 0) is 32.9 Å². The average molecular weight is 332 g/mol. The fraction of sp³-hybridized carbons (Fsp3) is 0.353. The van der Waals surface area contributed by atoms with E-state index in [9.17, 15) is 9.59 Å². The van der Waals surface area contributed by atoms with Crippen molar-refractivity contribution < 1.29 is 14.3 Å². The maximum Gasteiger partial charge on any atom is 0.260 e. The monoisotopic (exact) mass is 332 g/mol. The smallest absolute Gasteiger partial charge is 0.260 e. The van der Waals surface area contributed by atoms with Crippen molar-refractivity contribution in [1.29, 1.82) is 0 Å². The van der Waals surface area contributed by atoms with Crippen LogP contribution in [0.15, 0.2) is 29.6 Å². The minimum Gasteiger partial charge on any atom is -0.481 e. The lowest BCUT2D eigenvalue weighted by Gasteiger charge is -2.15. The minimum atomic E-state index is -0.629. The van der Waals surface area contributed by atoms with Gasteiger partial charge in [-0.3, -0.25) is 9.59 Å². The van der Waals surface area contributed by atoms with E-state index in [1.54, 1.807) is 42.5 Å². The molecule has 2 aromatic rings. The Morgan fingerprint density at radius 2 is 2.17 bits per heavy atom. The SMILES string of the molecule is CC(=O)c1cccc(OC(C)C(=O)NCCc2nc(C)cs2)c1. The Balaban J connectivity index is 1.82. The summed E-state index contributed by atoms with van der Waals surface area (Å²) in [5.74, 6) is 0.286. The Bertz CT molecular complexity index is 697. The summed E-state index contributed by atoms with van der Waals surface area (Å²) >= 11 is 1.59. The molecule has 2 rings (SSSR count). The number of carbonyl (C=O) groups excluding carboxylic acids is 2.